The van der Waals surface area contributed by atoms with E-state index in [1.54, 1.807) is 11.8 Å². The molecule has 1 heterocycles. The van der Waals surface area contributed by atoms with Gasteiger partial charge in [0.2, 0.25) is 0 Å². The Balaban J connectivity index is 2.31. The summed E-state index contributed by atoms with van der Waals surface area (Å²) < 4.78 is 0. The van der Waals surface area contributed by atoms with Gasteiger partial charge in [0.15, 0.2) is 5.78 Å². The highest BCUT2D eigenvalue weighted by molar-refractivity contribution is 7.99. The molecule has 0 aromatic heterocycles. The Morgan fingerprint density at radius 2 is 2.29 bits per heavy atom. The molecule has 0 bridgehead atoms. The molecule has 0 saturated carbocycles. The van der Waals surface area contributed by atoms with Gasteiger partial charge >= 0.3 is 0 Å². The Kier molecular flexibility index (Phi) is 2.73. The maximum absolute atomic E-state index is 11.9. The summed E-state index contributed by atoms with van der Waals surface area (Å²) in [7, 11) is 0. The zero-order valence-corrected chi connectivity index (χ0v) is 8.72. The summed E-state index contributed by atoms with van der Waals surface area (Å²) in [6.07, 6.45) is 2.62. The Labute approximate surface area is 88.2 Å². The molecule has 1 aromatic carbocycles. The van der Waals surface area contributed by atoms with Crippen molar-refractivity contribution in [2.24, 2.45) is 5.92 Å². The molecule has 2 heteroatoms. The molecule has 0 saturated heterocycles. The van der Waals surface area contributed by atoms with Crippen LogP contribution in [0.5, 0.6) is 0 Å². The lowest BCUT2D eigenvalue weighted by Gasteiger charge is -2.21. The van der Waals surface area contributed by atoms with Gasteiger partial charge in [-0.25, -0.2) is 0 Å². The highest BCUT2D eigenvalue weighted by Gasteiger charge is 2.26. The summed E-state index contributed by atoms with van der Waals surface area (Å²) in [6.45, 7) is 3.68. The fourth-order valence-corrected chi connectivity index (χ4v) is 2.83. The second kappa shape index (κ2) is 4.01. The van der Waals surface area contributed by atoms with E-state index in [2.05, 4.69) is 6.58 Å². The highest BCUT2D eigenvalue weighted by Crippen LogP contribution is 2.33. The number of rotatable bonds is 2. The number of carbonyl (C=O) groups excluding carboxylic acids is 1. The third kappa shape index (κ3) is 1.62. The molecule has 2 rings (SSSR count). The molecule has 0 fully saturated rings. The smallest absolute Gasteiger partial charge is 0.168 e. The molecule has 0 radical (unpaired) electrons. The summed E-state index contributed by atoms with van der Waals surface area (Å²) in [4.78, 5) is 13.1. The van der Waals surface area contributed by atoms with E-state index in [9.17, 15) is 4.79 Å². The maximum atomic E-state index is 11.9. The van der Waals surface area contributed by atoms with Crippen molar-refractivity contribution in [2.75, 3.05) is 5.75 Å². The predicted molar refractivity (Wildman–Crippen MR) is 59.8 cm³/mol. The SMILES string of the molecule is C=CCC1CSc2ccccc2C1=O. The third-order valence-electron chi connectivity index (χ3n) is 2.41. The van der Waals surface area contributed by atoms with Crippen LogP contribution in [0.25, 0.3) is 0 Å². The number of hydrogen-bond donors (Lipinski definition) is 0. The molecule has 14 heavy (non-hydrogen) atoms. The van der Waals surface area contributed by atoms with Crippen LogP contribution in [-0.2, 0) is 0 Å². The minimum Gasteiger partial charge on any atom is -0.294 e. The van der Waals surface area contributed by atoms with Gasteiger partial charge in [0.25, 0.3) is 0 Å². The molecule has 1 aromatic rings. The summed E-state index contributed by atoms with van der Waals surface area (Å²) in [6, 6.07) is 7.84. The summed E-state index contributed by atoms with van der Waals surface area (Å²) >= 11 is 1.77. The quantitative estimate of drug-likeness (QED) is 0.688. The lowest BCUT2D eigenvalue weighted by molar-refractivity contribution is 0.0928. The van der Waals surface area contributed by atoms with Crippen LogP contribution in [0.15, 0.2) is 41.8 Å². The van der Waals surface area contributed by atoms with Crippen LogP contribution in [0.2, 0.25) is 0 Å². The summed E-state index contributed by atoms with van der Waals surface area (Å²) in [5, 5.41) is 0. The molecule has 1 aliphatic heterocycles. The van der Waals surface area contributed by atoms with Crippen molar-refractivity contribution in [3.05, 3.63) is 42.5 Å². The van der Waals surface area contributed by atoms with Crippen molar-refractivity contribution in [3.63, 3.8) is 0 Å². The van der Waals surface area contributed by atoms with Crippen molar-refractivity contribution in [1.82, 2.24) is 0 Å². The molecule has 0 N–H and O–H groups in total. The molecule has 1 atom stereocenters. The van der Waals surface area contributed by atoms with Gasteiger partial charge in [-0.05, 0) is 12.5 Å². The minimum atomic E-state index is 0.132. The van der Waals surface area contributed by atoms with Crippen molar-refractivity contribution >= 4 is 17.5 Å². The van der Waals surface area contributed by atoms with Gasteiger partial charge < -0.3 is 0 Å². The second-order valence-electron chi connectivity index (χ2n) is 3.39. The zero-order valence-electron chi connectivity index (χ0n) is 7.90. The molecular formula is C12H12OS. The van der Waals surface area contributed by atoms with Crippen LogP contribution in [0, 0.1) is 5.92 Å². The monoisotopic (exact) mass is 204 g/mol. The van der Waals surface area contributed by atoms with Crippen LogP contribution in [0.3, 0.4) is 0 Å². The van der Waals surface area contributed by atoms with E-state index in [0.29, 0.717) is 0 Å². The van der Waals surface area contributed by atoms with Gasteiger partial charge in [0.1, 0.15) is 0 Å². The van der Waals surface area contributed by atoms with E-state index in [1.807, 2.05) is 30.3 Å². The van der Waals surface area contributed by atoms with Crippen LogP contribution in [-0.4, -0.2) is 11.5 Å². The van der Waals surface area contributed by atoms with E-state index in [-0.39, 0.29) is 11.7 Å². The van der Waals surface area contributed by atoms with Gasteiger partial charge in [0, 0.05) is 22.1 Å². The largest absolute Gasteiger partial charge is 0.294 e. The number of benzene rings is 1. The van der Waals surface area contributed by atoms with Crippen molar-refractivity contribution in [1.29, 1.82) is 0 Å². The van der Waals surface area contributed by atoms with Crippen LogP contribution < -0.4 is 0 Å². The first-order chi connectivity index (χ1) is 6.83. The topological polar surface area (TPSA) is 17.1 Å². The number of fused-ring (bicyclic) bond motifs is 1. The Morgan fingerprint density at radius 1 is 1.50 bits per heavy atom. The van der Waals surface area contributed by atoms with Crippen LogP contribution in [0.1, 0.15) is 16.8 Å². The van der Waals surface area contributed by atoms with Crippen LogP contribution >= 0.6 is 11.8 Å². The average Bonchev–Trinajstić information content (AvgIpc) is 2.23. The molecule has 1 aliphatic rings. The average molecular weight is 204 g/mol. The van der Waals surface area contributed by atoms with Gasteiger partial charge in [0.05, 0.1) is 0 Å². The second-order valence-corrected chi connectivity index (χ2v) is 4.45. The minimum absolute atomic E-state index is 0.132. The van der Waals surface area contributed by atoms with E-state index in [0.717, 1.165) is 22.6 Å². The van der Waals surface area contributed by atoms with Gasteiger partial charge in [-0.15, -0.1) is 18.3 Å². The number of allylic oxidation sites excluding steroid dienone is 1. The lowest BCUT2D eigenvalue weighted by Crippen LogP contribution is -2.21. The fourth-order valence-electron chi connectivity index (χ4n) is 1.66. The van der Waals surface area contributed by atoms with E-state index in [1.165, 1.54) is 0 Å². The highest BCUT2D eigenvalue weighted by atomic mass is 32.2. The number of ketones is 1. The summed E-state index contributed by atoms with van der Waals surface area (Å²) in [5.41, 5.74) is 0.885. The first kappa shape index (κ1) is 9.53. The zero-order chi connectivity index (χ0) is 9.97. The van der Waals surface area contributed by atoms with Crippen molar-refractivity contribution in [3.8, 4) is 0 Å². The molecule has 72 valence electrons. The predicted octanol–water partition coefficient (Wildman–Crippen LogP) is 3.17. The fraction of sp³-hybridized carbons (Fsp3) is 0.250. The Hall–Kier alpha value is -1.02. The van der Waals surface area contributed by atoms with Gasteiger partial charge in [-0.2, -0.15) is 0 Å². The number of carbonyl (C=O) groups is 1. The first-order valence-corrected chi connectivity index (χ1v) is 5.68. The number of hydrogen-bond acceptors (Lipinski definition) is 2. The summed E-state index contributed by atoms with van der Waals surface area (Å²) in [5.74, 6) is 1.30. The van der Waals surface area contributed by atoms with E-state index >= 15 is 0 Å². The molecule has 1 nitrogen and oxygen atoms in total. The molecule has 0 spiro atoms. The lowest BCUT2D eigenvalue weighted by atomic mass is 9.96. The molecule has 0 amide bonds. The van der Waals surface area contributed by atoms with Crippen molar-refractivity contribution < 1.29 is 4.79 Å². The Morgan fingerprint density at radius 3 is 3.07 bits per heavy atom. The standard InChI is InChI=1S/C12H12OS/c1-2-5-9-8-14-11-7-4-3-6-10(11)12(9)13/h2-4,6-7,9H,1,5,8H2. The third-order valence-corrected chi connectivity index (χ3v) is 3.65. The first-order valence-electron chi connectivity index (χ1n) is 4.70. The van der Waals surface area contributed by atoms with E-state index in [4.69, 9.17) is 0 Å². The van der Waals surface area contributed by atoms with Crippen molar-refractivity contribution in [2.45, 2.75) is 11.3 Å². The normalized spacial score (nSPS) is 20.3. The maximum Gasteiger partial charge on any atom is 0.168 e. The van der Waals surface area contributed by atoms with E-state index < -0.39 is 0 Å². The Bertz CT molecular complexity index is 370. The molecule has 1 unspecified atom stereocenters. The van der Waals surface area contributed by atoms with Crippen LogP contribution in [0.4, 0.5) is 0 Å². The molecule has 0 aliphatic carbocycles. The van der Waals surface area contributed by atoms with Gasteiger partial charge in [-0.3, -0.25) is 4.79 Å². The number of Topliss-reactive ketones (excluding diaryl/α,β-unsaturated/α-hetero) is 1. The molecular weight excluding hydrogens is 192 g/mol. The number of thioether (sulfide) groups is 1. The van der Waals surface area contributed by atoms with Gasteiger partial charge in [-0.1, -0.05) is 24.3 Å².